The van der Waals surface area contributed by atoms with E-state index in [-0.39, 0.29) is 27.5 Å². The molecular formula is C28H21N3O8S. The molecule has 0 bridgehead atoms. The number of benzene rings is 3. The third-order valence-corrected chi connectivity index (χ3v) is 7.54. The van der Waals surface area contributed by atoms with Crippen LogP contribution < -0.4 is 19.1 Å². The second-order valence-electron chi connectivity index (χ2n) is 8.94. The fraction of sp³-hybridized carbons (Fsp3) is 0.179. The fourth-order valence-corrected chi connectivity index (χ4v) is 5.77. The average molecular weight is 560 g/mol. The first-order chi connectivity index (χ1) is 19.4. The number of nitrogens with zero attached hydrogens (tertiary/aromatic N) is 3. The number of nitro groups is 1. The van der Waals surface area contributed by atoms with Crippen LogP contribution in [0, 0.1) is 10.1 Å². The summed E-state index contributed by atoms with van der Waals surface area (Å²) < 4.78 is 17.4. The van der Waals surface area contributed by atoms with Crippen LogP contribution in [0.2, 0.25) is 0 Å². The number of ketones is 1. The quantitative estimate of drug-likeness (QED) is 0.114. The lowest BCUT2D eigenvalue weighted by Crippen LogP contribution is -2.29. The molecule has 0 saturated carbocycles. The number of nitro benzene ring substituents is 1. The monoisotopic (exact) mass is 559 g/mol. The molecule has 1 fully saturated rings. The van der Waals surface area contributed by atoms with Crippen LogP contribution in [0.3, 0.4) is 0 Å². The summed E-state index contributed by atoms with van der Waals surface area (Å²) in [4.78, 5) is 43.8. The van der Waals surface area contributed by atoms with Gasteiger partial charge in [0.15, 0.2) is 16.6 Å². The van der Waals surface area contributed by atoms with Gasteiger partial charge in [-0.25, -0.2) is 4.98 Å². The van der Waals surface area contributed by atoms with Crippen molar-refractivity contribution < 1.29 is 33.8 Å². The summed E-state index contributed by atoms with van der Waals surface area (Å²) in [7, 11) is 0. The molecule has 1 amide bonds. The van der Waals surface area contributed by atoms with Gasteiger partial charge < -0.3 is 19.3 Å². The molecule has 1 atom stereocenters. The molecule has 1 N–H and O–H groups in total. The van der Waals surface area contributed by atoms with Crippen molar-refractivity contribution in [3.05, 3.63) is 87.5 Å². The number of aliphatic hydroxyl groups excluding tert-OH is 1. The molecule has 2 aliphatic rings. The maximum absolute atomic E-state index is 13.5. The number of carbonyl (C=O) groups is 2. The lowest BCUT2D eigenvalue weighted by Gasteiger charge is -2.23. The third-order valence-electron chi connectivity index (χ3n) is 6.52. The lowest BCUT2D eigenvalue weighted by atomic mass is 9.95. The van der Waals surface area contributed by atoms with Crippen LogP contribution >= 0.6 is 11.3 Å². The molecule has 1 aromatic heterocycles. The number of aromatic nitrogens is 1. The Morgan fingerprint density at radius 2 is 1.93 bits per heavy atom. The first-order valence-corrected chi connectivity index (χ1v) is 13.2. The Hall–Kier alpha value is -4.97. The van der Waals surface area contributed by atoms with Crippen molar-refractivity contribution in [3.63, 3.8) is 0 Å². The Kier molecular flexibility index (Phi) is 6.31. The predicted octanol–water partition coefficient (Wildman–Crippen LogP) is 5.00. The summed E-state index contributed by atoms with van der Waals surface area (Å²) in [5.41, 5.74) is 0.615. The predicted molar refractivity (Wildman–Crippen MR) is 146 cm³/mol. The maximum Gasteiger partial charge on any atom is 0.301 e. The number of non-ortho nitro benzene ring substituents is 1. The van der Waals surface area contributed by atoms with Crippen LogP contribution in [0.15, 0.2) is 66.2 Å². The summed E-state index contributed by atoms with van der Waals surface area (Å²) in [6.07, 6.45) is 0. The number of aliphatic hydroxyl groups is 1. The summed E-state index contributed by atoms with van der Waals surface area (Å²) in [5.74, 6) is -0.819. The molecule has 12 heteroatoms. The Morgan fingerprint density at radius 1 is 1.12 bits per heavy atom. The minimum Gasteiger partial charge on any atom is -0.507 e. The zero-order valence-corrected chi connectivity index (χ0v) is 21.8. The third kappa shape index (κ3) is 4.28. The molecule has 202 valence electrons. The highest BCUT2D eigenvalue weighted by atomic mass is 32.1. The van der Waals surface area contributed by atoms with E-state index in [1.54, 1.807) is 36.4 Å². The Morgan fingerprint density at radius 3 is 2.70 bits per heavy atom. The number of anilines is 1. The Labute approximate surface area is 231 Å². The highest BCUT2D eigenvalue weighted by Crippen LogP contribution is 2.45. The number of hydrogen-bond donors (Lipinski definition) is 1. The number of Topliss-reactive ketones (excluding diaryl/α,β-unsaturated/α-hetero) is 1. The van der Waals surface area contributed by atoms with Crippen LogP contribution in [-0.2, 0) is 9.59 Å². The van der Waals surface area contributed by atoms with E-state index in [0.29, 0.717) is 47.3 Å². The Balaban J connectivity index is 1.53. The van der Waals surface area contributed by atoms with Gasteiger partial charge in [-0.05, 0) is 48.9 Å². The second-order valence-corrected chi connectivity index (χ2v) is 9.95. The van der Waals surface area contributed by atoms with Gasteiger partial charge in [-0.1, -0.05) is 23.5 Å². The smallest absolute Gasteiger partial charge is 0.301 e. The SMILES string of the molecule is CCOc1ccc2nc(N3C(=O)C(=O)C(=C(O)c4ccc5c(c4)OCCO5)[C@H]3c3cccc([N+](=O)[O-])c3)sc2c1. The van der Waals surface area contributed by atoms with Gasteiger partial charge in [0.1, 0.15) is 24.7 Å². The summed E-state index contributed by atoms with van der Waals surface area (Å²) in [6.45, 7) is 3.03. The topological polar surface area (TPSA) is 141 Å². The number of ether oxygens (including phenoxy) is 3. The first kappa shape index (κ1) is 25.3. The molecule has 6 rings (SSSR count). The maximum atomic E-state index is 13.5. The van der Waals surface area contributed by atoms with Gasteiger partial charge in [-0.15, -0.1) is 0 Å². The van der Waals surface area contributed by atoms with Crippen molar-refractivity contribution in [2.45, 2.75) is 13.0 Å². The van der Waals surface area contributed by atoms with Gasteiger partial charge in [0.25, 0.3) is 11.5 Å². The molecule has 4 aromatic rings. The lowest BCUT2D eigenvalue weighted by molar-refractivity contribution is -0.384. The van der Waals surface area contributed by atoms with Crippen LogP contribution in [0.4, 0.5) is 10.8 Å². The summed E-state index contributed by atoms with van der Waals surface area (Å²) in [5, 5.41) is 23.2. The van der Waals surface area contributed by atoms with Crippen molar-refractivity contribution in [2.75, 3.05) is 24.7 Å². The van der Waals surface area contributed by atoms with E-state index in [1.807, 2.05) is 6.92 Å². The summed E-state index contributed by atoms with van der Waals surface area (Å²) >= 11 is 1.16. The van der Waals surface area contributed by atoms with Crippen molar-refractivity contribution >= 4 is 49.8 Å². The average Bonchev–Trinajstić information content (AvgIpc) is 3.50. The van der Waals surface area contributed by atoms with Crippen molar-refractivity contribution in [1.29, 1.82) is 0 Å². The fourth-order valence-electron chi connectivity index (χ4n) is 4.75. The molecule has 1 saturated heterocycles. The van der Waals surface area contributed by atoms with E-state index in [1.165, 1.54) is 29.2 Å². The van der Waals surface area contributed by atoms with Gasteiger partial charge >= 0.3 is 5.91 Å². The molecular weight excluding hydrogens is 538 g/mol. The molecule has 2 aliphatic heterocycles. The highest BCUT2D eigenvalue weighted by Gasteiger charge is 2.48. The zero-order valence-electron chi connectivity index (χ0n) is 21.0. The van der Waals surface area contributed by atoms with Crippen LogP contribution in [0.5, 0.6) is 17.2 Å². The number of fused-ring (bicyclic) bond motifs is 2. The van der Waals surface area contributed by atoms with Crippen molar-refractivity contribution in [1.82, 2.24) is 4.98 Å². The number of amides is 1. The van der Waals surface area contributed by atoms with E-state index < -0.39 is 28.4 Å². The molecule has 0 spiro atoms. The minimum absolute atomic E-state index is 0.198. The number of hydrogen-bond acceptors (Lipinski definition) is 10. The molecule has 0 aliphatic carbocycles. The molecule has 40 heavy (non-hydrogen) atoms. The summed E-state index contributed by atoms with van der Waals surface area (Å²) in [6, 6.07) is 14.4. The minimum atomic E-state index is -1.18. The molecule has 11 nitrogen and oxygen atoms in total. The number of rotatable bonds is 6. The Bertz CT molecular complexity index is 1730. The zero-order chi connectivity index (χ0) is 28.0. The number of thiazole rings is 1. The molecule has 0 radical (unpaired) electrons. The molecule has 3 heterocycles. The van der Waals surface area contributed by atoms with Crippen LogP contribution in [0.25, 0.3) is 16.0 Å². The van der Waals surface area contributed by atoms with E-state index in [4.69, 9.17) is 14.2 Å². The normalized spacial score (nSPS) is 17.8. The van der Waals surface area contributed by atoms with Gasteiger partial charge in [-0.2, -0.15) is 0 Å². The van der Waals surface area contributed by atoms with E-state index >= 15 is 0 Å². The second kappa shape index (κ2) is 9.97. The molecule has 3 aromatic carbocycles. The van der Waals surface area contributed by atoms with Crippen molar-refractivity contribution in [3.8, 4) is 17.2 Å². The van der Waals surface area contributed by atoms with Gasteiger partial charge in [0.05, 0.1) is 33.4 Å². The van der Waals surface area contributed by atoms with Gasteiger partial charge in [0.2, 0.25) is 0 Å². The van der Waals surface area contributed by atoms with E-state index in [9.17, 15) is 24.8 Å². The number of carbonyl (C=O) groups excluding carboxylic acids is 2. The van der Waals surface area contributed by atoms with Gasteiger partial charge in [0, 0.05) is 17.7 Å². The van der Waals surface area contributed by atoms with Crippen molar-refractivity contribution in [2.24, 2.45) is 0 Å². The van der Waals surface area contributed by atoms with Crippen LogP contribution in [-0.4, -0.2) is 46.5 Å². The van der Waals surface area contributed by atoms with Crippen LogP contribution in [0.1, 0.15) is 24.1 Å². The standard InChI is InChI=1S/C28H21N3O8S/c1-2-37-18-7-8-19-22(14-18)40-28(29-19)30-24(15-4-3-5-17(12-15)31(35)36)23(26(33)27(30)34)25(32)16-6-9-20-21(13-16)39-11-10-38-20/h3-9,12-14,24,32H,2,10-11H2,1H3/t24-/m1/s1. The largest absolute Gasteiger partial charge is 0.507 e. The molecule has 0 unspecified atom stereocenters. The first-order valence-electron chi connectivity index (χ1n) is 12.3. The van der Waals surface area contributed by atoms with Gasteiger partial charge in [-0.3, -0.25) is 24.6 Å². The highest BCUT2D eigenvalue weighted by molar-refractivity contribution is 7.22. The van der Waals surface area contributed by atoms with E-state index in [2.05, 4.69) is 4.98 Å². The van der Waals surface area contributed by atoms with E-state index in [0.717, 1.165) is 11.3 Å².